The Morgan fingerprint density at radius 1 is 1.13 bits per heavy atom. The molecule has 6 nitrogen and oxygen atoms in total. The van der Waals surface area contributed by atoms with Crippen LogP contribution in [-0.4, -0.2) is 45.3 Å². The van der Waals surface area contributed by atoms with Crippen LogP contribution in [0.3, 0.4) is 0 Å². The van der Waals surface area contributed by atoms with Crippen LogP contribution in [0.2, 0.25) is 0 Å². The van der Waals surface area contributed by atoms with E-state index in [4.69, 9.17) is 9.47 Å². The Bertz CT molecular complexity index is 1240. The highest BCUT2D eigenvalue weighted by atomic mass is 32.2. The predicted molar refractivity (Wildman–Crippen MR) is 125 cm³/mol. The van der Waals surface area contributed by atoms with Crippen LogP contribution in [0.5, 0.6) is 11.5 Å². The van der Waals surface area contributed by atoms with Crippen LogP contribution in [0.1, 0.15) is 18.1 Å². The molecular formula is C24H25N3O3S. The SMILES string of the molecule is C/C=C/c1ccc(OCC(O)CSc2nnc3cc(C)c4ccccc4n23)c(OC)c1. The number of methoxy groups -OCH3 is 1. The molecule has 4 aromatic rings. The van der Waals surface area contributed by atoms with Gasteiger partial charge < -0.3 is 14.6 Å². The number of aliphatic hydroxyl groups is 1. The third-order valence-corrected chi connectivity index (χ3v) is 6.03. The smallest absolute Gasteiger partial charge is 0.196 e. The Morgan fingerprint density at radius 3 is 2.77 bits per heavy atom. The number of pyridine rings is 1. The van der Waals surface area contributed by atoms with Crippen LogP contribution < -0.4 is 9.47 Å². The number of thioether (sulfide) groups is 1. The Labute approximate surface area is 185 Å². The van der Waals surface area contributed by atoms with Gasteiger partial charge in [0.05, 0.1) is 18.7 Å². The van der Waals surface area contributed by atoms with Gasteiger partial charge in [0.15, 0.2) is 22.3 Å². The number of aromatic nitrogens is 3. The van der Waals surface area contributed by atoms with Gasteiger partial charge in [-0.3, -0.25) is 4.40 Å². The summed E-state index contributed by atoms with van der Waals surface area (Å²) in [6.45, 7) is 4.20. The zero-order chi connectivity index (χ0) is 21.8. The third kappa shape index (κ3) is 4.52. The van der Waals surface area contributed by atoms with Crippen molar-refractivity contribution < 1.29 is 14.6 Å². The fraction of sp³-hybridized carbons (Fsp3) is 0.250. The van der Waals surface area contributed by atoms with Crippen molar-refractivity contribution in [3.05, 3.63) is 65.7 Å². The van der Waals surface area contributed by atoms with Crippen LogP contribution in [0.25, 0.3) is 22.6 Å². The molecule has 0 spiro atoms. The molecular weight excluding hydrogens is 410 g/mol. The molecule has 1 atom stereocenters. The fourth-order valence-electron chi connectivity index (χ4n) is 3.47. The molecule has 160 valence electrons. The zero-order valence-corrected chi connectivity index (χ0v) is 18.6. The summed E-state index contributed by atoms with van der Waals surface area (Å²) in [6.07, 6.45) is 3.29. The van der Waals surface area contributed by atoms with Gasteiger partial charge in [0.2, 0.25) is 0 Å². The highest BCUT2D eigenvalue weighted by Crippen LogP contribution is 2.29. The summed E-state index contributed by atoms with van der Waals surface area (Å²) in [4.78, 5) is 0. The number of ether oxygens (including phenoxy) is 2. The van der Waals surface area contributed by atoms with Gasteiger partial charge in [0.25, 0.3) is 0 Å². The molecule has 1 N–H and O–H groups in total. The monoisotopic (exact) mass is 435 g/mol. The number of aryl methyl sites for hydroxylation is 1. The van der Waals surface area contributed by atoms with Crippen molar-refractivity contribution in [2.75, 3.05) is 19.5 Å². The van der Waals surface area contributed by atoms with E-state index in [-0.39, 0.29) is 6.61 Å². The minimum atomic E-state index is -0.672. The predicted octanol–water partition coefficient (Wildman–Crippen LogP) is 4.76. The molecule has 0 fully saturated rings. The minimum absolute atomic E-state index is 0.156. The molecule has 4 rings (SSSR count). The Morgan fingerprint density at radius 2 is 1.97 bits per heavy atom. The molecule has 2 aromatic heterocycles. The second-order valence-corrected chi connectivity index (χ2v) is 8.19. The molecule has 1 unspecified atom stereocenters. The summed E-state index contributed by atoms with van der Waals surface area (Å²) in [5.41, 5.74) is 4.05. The van der Waals surface area contributed by atoms with E-state index < -0.39 is 6.10 Å². The number of hydrogen-bond acceptors (Lipinski definition) is 6. The van der Waals surface area contributed by atoms with Gasteiger partial charge in [0, 0.05) is 11.1 Å². The van der Waals surface area contributed by atoms with E-state index in [9.17, 15) is 5.11 Å². The topological polar surface area (TPSA) is 68.9 Å². The average Bonchev–Trinajstić information content (AvgIpc) is 3.20. The molecule has 0 aliphatic carbocycles. The van der Waals surface area contributed by atoms with Crippen molar-refractivity contribution in [1.29, 1.82) is 0 Å². The number of hydrogen-bond donors (Lipinski definition) is 1. The van der Waals surface area contributed by atoms with Gasteiger partial charge in [0.1, 0.15) is 6.61 Å². The summed E-state index contributed by atoms with van der Waals surface area (Å²) < 4.78 is 13.3. The van der Waals surface area contributed by atoms with Crippen molar-refractivity contribution in [3.63, 3.8) is 0 Å². The van der Waals surface area contributed by atoms with Gasteiger partial charge in [-0.25, -0.2) is 0 Å². The van der Waals surface area contributed by atoms with Crippen LogP contribution in [0.4, 0.5) is 0 Å². The van der Waals surface area contributed by atoms with Crippen molar-refractivity contribution in [2.24, 2.45) is 0 Å². The summed E-state index contributed by atoms with van der Waals surface area (Å²) in [7, 11) is 1.61. The van der Waals surface area contributed by atoms with Gasteiger partial charge in [-0.05, 0) is 49.2 Å². The van der Waals surface area contributed by atoms with Crippen molar-refractivity contribution in [3.8, 4) is 11.5 Å². The first kappa shape index (κ1) is 21.2. The van der Waals surface area contributed by atoms with E-state index in [1.165, 1.54) is 11.8 Å². The van der Waals surface area contributed by atoms with Gasteiger partial charge in [-0.2, -0.15) is 0 Å². The van der Waals surface area contributed by atoms with Crippen LogP contribution in [0.15, 0.2) is 59.8 Å². The molecule has 0 bridgehead atoms. The van der Waals surface area contributed by atoms with Crippen LogP contribution >= 0.6 is 11.8 Å². The normalized spacial score (nSPS) is 12.6. The van der Waals surface area contributed by atoms with Gasteiger partial charge in [-0.1, -0.05) is 48.2 Å². The average molecular weight is 436 g/mol. The molecule has 7 heteroatoms. The highest BCUT2D eigenvalue weighted by molar-refractivity contribution is 7.99. The molecule has 0 radical (unpaired) electrons. The lowest BCUT2D eigenvalue weighted by Gasteiger charge is -2.14. The Hall–Kier alpha value is -3.03. The highest BCUT2D eigenvalue weighted by Gasteiger charge is 2.15. The van der Waals surface area contributed by atoms with Gasteiger partial charge in [-0.15, -0.1) is 10.2 Å². The molecule has 0 amide bonds. The summed E-state index contributed by atoms with van der Waals surface area (Å²) >= 11 is 1.46. The maximum atomic E-state index is 10.5. The number of allylic oxidation sites excluding steroid dienone is 1. The first-order valence-corrected chi connectivity index (χ1v) is 11.1. The molecule has 0 aliphatic rings. The first-order valence-electron chi connectivity index (χ1n) is 10.1. The second-order valence-electron chi connectivity index (χ2n) is 7.21. The molecule has 31 heavy (non-hydrogen) atoms. The molecule has 0 saturated heterocycles. The quantitative estimate of drug-likeness (QED) is 0.402. The van der Waals surface area contributed by atoms with E-state index in [1.807, 2.05) is 59.9 Å². The van der Waals surface area contributed by atoms with E-state index in [1.54, 1.807) is 7.11 Å². The Balaban J connectivity index is 1.44. The van der Waals surface area contributed by atoms with Crippen molar-refractivity contribution in [2.45, 2.75) is 25.1 Å². The summed E-state index contributed by atoms with van der Waals surface area (Å²) in [5.74, 6) is 1.68. The summed E-state index contributed by atoms with van der Waals surface area (Å²) in [6, 6.07) is 15.9. The molecule has 2 aromatic carbocycles. The van der Waals surface area contributed by atoms with Crippen LogP contribution in [-0.2, 0) is 0 Å². The maximum Gasteiger partial charge on any atom is 0.196 e. The lowest BCUT2D eigenvalue weighted by atomic mass is 10.1. The van der Waals surface area contributed by atoms with E-state index in [0.29, 0.717) is 17.3 Å². The van der Waals surface area contributed by atoms with E-state index in [0.717, 1.165) is 32.8 Å². The second kappa shape index (κ2) is 9.41. The number of benzene rings is 2. The number of para-hydroxylation sites is 1. The fourth-order valence-corrected chi connectivity index (χ4v) is 4.33. The van der Waals surface area contributed by atoms with E-state index >= 15 is 0 Å². The standard InChI is InChI=1S/C24H25N3O3S/c1-4-7-17-10-11-21(22(13-17)29-3)30-14-18(28)15-31-24-26-25-23-12-16(2)19-8-5-6-9-20(19)27(23)24/h4-13,18,28H,14-15H2,1-3H3/b7-4+. The largest absolute Gasteiger partial charge is 0.493 e. The number of fused-ring (bicyclic) bond motifs is 3. The maximum absolute atomic E-state index is 10.5. The van der Waals surface area contributed by atoms with E-state index in [2.05, 4.69) is 29.3 Å². The number of aliphatic hydroxyl groups excluding tert-OH is 1. The lowest BCUT2D eigenvalue weighted by Crippen LogP contribution is -2.20. The Kier molecular flexibility index (Phi) is 6.44. The van der Waals surface area contributed by atoms with Crippen molar-refractivity contribution in [1.82, 2.24) is 14.6 Å². The van der Waals surface area contributed by atoms with Crippen molar-refractivity contribution >= 4 is 34.4 Å². The van der Waals surface area contributed by atoms with Crippen LogP contribution in [0, 0.1) is 6.92 Å². The minimum Gasteiger partial charge on any atom is -0.493 e. The lowest BCUT2D eigenvalue weighted by molar-refractivity contribution is 0.124. The first-order chi connectivity index (χ1) is 15.1. The van der Waals surface area contributed by atoms with Gasteiger partial charge >= 0.3 is 0 Å². The zero-order valence-electron chi connectivity index (χ0n) is 17.8. The molecule has 0 saturated carbocycles. The molecule has 2 heterocycles. The third-order valence-electron chi connectivity index (χ3n) is 4.96. The number of nitrogens with zero attached hydrogens (tertiary/aromatic N) is 3. The summed E-state index contributed by atoms with van der Waals surface area (Å²) in [5, 5.41) is 21.0. The molecule has 0 aliphatic heterocycles. The number of rotatable bonds is 8.